The van der Waals surface area contributed by atoms with E-state index in [4.69, 9.17) is 5.26 Å². The number of rotatable bonds is 5. The Hall–Kier alpha value is -1.33. The van der Waals surface area contributed by atoms with Crippen molar-refractivity contribution in [3.63, 3.8) is 0 Å². The average Bonchev–Trinajstić information content (AvgIpc) is 2.67. The molecule has 2 fully saturated rings. The third kappa shape index (κ3) is 4.39. The molecule has 2 aliphatic carbocycles. The van der Waals surface area contributed by atoms with Gasteiger partial charge in [0.2, 0.25) is 0 Å². The van der Waals surface area contributed by atoms with Crippen molar-refractivity contribution >= 4 is 9.52 Å². The van der Waals surface area contributed by atoms with Gasteiger partial charge in [0.1, 0.15) is 0 Å². The van der Waals surface area contributed by atoms with Crippen LogP contribution in [0.4, 0.5) is 0 Å². The molecule has 1 aromatic rings. The minimum Gasteiger partial charge on any atom is -0.192 e. The summed E-state index contributed by atoms with van der Waals surface area (Å²) in [7, 11) is 0.124. The topological polar surface area (TPSA) is 23.8 Å². The molecular formula is C22H31NSi. The van der Waals surface area contributed by atoms with Gasteiger partial charge >= 0.3 is 0 Å². The highest BCUT2D eigenvalue weighted by Gasteiger charge is 2.31. The van der Waals surface area contributed by atoms with Crippen molar-refractivity contribution in [1.29, 1.82) is 5.26 Å². The highest BCUT2D eigenvalue weighted by Crippen LogP contribution is 2.44. The first-order chi connectivity index (χ1) is 11.8. The quantitative estimate of drug-likeness (QED) is 0.508. The summed E-state index contributed by atoms with van der Waals surface area (Å²) in [6.45, 7) is 3.89. The zero-order valence-electron chi connectivity index (χ0n) is 14.9. The minimum absolute atomic E-state index is 0.124. The van der Waals surface area contributed by atoms with Crippen LogP contribution in [0.25, 0.3) is 0 Å². The van der Waals surface area contributed by atoms with Crippen LogP contribution in [0.15, 0.2) is 36.9 Å². The van der Waals surface area contributed by atoms with Crippen LogP contribution in [0.3, 0.4) is 0 Å². The van der Waals surface area contributed by atoms with Crippen LogP contribution in [0.2, 0.25) is 11.6 Å². The Morgan fingerprint density at radius 3 is 2.08 bits per heavy atom. The van der Waals surface area contributed by atoms with E-state index in [0.29, 0.717) is 0 Å². The molecule has 0 aliphatic heterocycles. The van der Waals surface area contributed by atoms with Crippen LogP contribution in [0.1, 0.15) is 68.4 Å². The van der Waals surface area contributed by atoms with Crippen molar-refractivity contribution < 1.29 is 0 Å². The fourth-order valence-corrected chi connectivity index (χ4v) is 6.81. The van der Waals surface area contributed by atoms with E-state index in [1.165, 1.54) is 63.0 Å². The zero-order chi connectivity index (χ0) is 16.8. The molecule has 0 heterocycles. The van der Waals surface area contributed by atoms with Gasteiger partial charge in [-0.05, 0) is 67.2 Å². The average molecular weight is 338 g/mol. The van der Waals surface area contributed by atoms with Crippen molar-refractivity contribution in [3.05, 3.63) is 48.0 Å². The Bertz CT molecular complexity index is 555. The summed E-state index contributed by atoms with van der Waals surface area (Å²) in [5.74, 6) is 2.73. The van der Waals surface area contributed by atoms with E-state index in [1.54, 1.807) is 0 Å². The number of hydrogen-bond acceptors (Lipinski definition) is 1. The lowest BCUT2D eigenvalue weighted by Crippen LogP contribution is -2.25. The molecule has 0 atom stereocenters. The highest BCUT2D eigenvalue weighted by molar-refractivity contribution is 6.38. The molecule has 0 saturated heterocycles. The molecule has 1 aromatic carbocycles. The molecule has 0 amide bonds. The fourth-order valence-electron chi connectivity index (χ4n) is 5.06. The number of benzene rings is 1. The van der Waals surface area contributed by atoms with E-state index in [0.717, 1.165) is 28.9 Å². The van der Waals surface area contributed by atoms with Crippen molar-refractivity contribution in [2.24, 2.45) is 11.8 Å². The molecular weight excluding hydrogens is 306 g/mol. The largest absolute Gasteiger partial charge is 0.192 e. The predicted octanol–water partition coefficient (Wildman–Crippen LogP) is 5.58. The summed E-state index contributed by atoms with van der Waals surface area (Å²) in [5.41, 5.74) is 3.34. The molecule has 2 aliphatic rings. The second-order valence-electron chi connectivity index (χ2n) is 7.99. The molecule has 2 saturated carbocycles. The first-order valence-corrected chi connectivity index (χ1v) is 11.7. The van der Waals surface area contributed by atoms with Crippen LogP contribution in [0, 0.1) is 23.2 Å². The first kappa shape index (κ1) is 17.5. The lowest BCUT2D eigenvalue weighted by molar-refractivity contribution is 0.186. The van der Waals surface area contributed by atoms with Gasteiger partial charge in [-0.3, -0.25) is 0 Å². The summed E-state index contributed by atoms with van der Waals surface area (Å²) >= 11 is 0. The fraction of sp³-hybridized carbons (Fsp3) is 0.591. The third-order valence-electron chi connectivity index (χ3n) is 6.62. The minimum atomic E-state index is 0.124. The Morgan fingerprint density at radius 1 is 0.958 bits per heavy atom. The van der Waals surface area contributed by atoms with E-state index < -0.39 is 0 Å². The van der Waals surface area contributed by atoms with Crippen molar-refractivity contribution in [2.45, 2.75) is 68.9 Å². The van der Waals surface area contributed by atoms with Gasteiger partial charge in [0, 0.05) is 9.52 Å². The van der Waals surface area contributed by atoms with Crippen molar-refractivity contribution in [3.8, 4) is 6.07 Å². The van der Waals surface area contributed by atoms with Gasteiger partial charge in [-0.2, -0.15) is 5.26 Å². The van der Waals surface area contributed by atoms with Gasteiger partial charge in [-0.25, -0.2) is 0 Å². The number of nitriles is 1. The highest BCUT2D eigenvalue weighted by atomic mass is 28.2. The Labute approximate surface area is 150 Å². The monoisotopic (exact) mass is 337 g/mol. The maximum atomic E-state index is 8.93. The molecule has 1 nitrogen and oxygen atoms in total. The first-order valence-electron chi connectivity index (χ1n) is 9.91. The summed E-state index contributed by atoms with van der Waals surface area (Å²) < 4.78 is 0. The van der Waals surface area contributed by atoms with E-state index in [2.05, 4.69) is 30.9 Å². The van der Waals surface area contributed by atoms with Crippen LogP contribution < -0.4 is 0 Å². The van der Waals surface area contributed by atoms with Crippen LogP contribution in [0.5, 0.6) is 0 Å². The number of nitrogens with zero attached hydrogens (tertiary/aromatic N) is 1. The molecule has 0 spiro atoms. The molecule has 0 aromatic heterocycles. The van der Waals surface area contributed by atoms with Crippen molar-refractivity contribution in [1.82, 2.24) is 0 Å². The summed E-state index contributed by atoms with van der Waals surface area (Å²) in [6, 6.07) is 11.9. The van der Waals surface area contributed by atoms with E-state index >= 15 is 0 Å². The maximum absolute atomic E-state index is 8.93. The molecule has 0 N–H and O–H groups in total. The standard InChI is InChI=1S/C22H31NSi/c1-2-15-24-22-13-11-21(12-14-22)20-9-7-19(8-10-20)18-5-3-17(16-23)4-6-18/h2-6,19-22H,1,7-15,24H2. The lowest BCUT2D eigenvalue weighted by atomic mass is 9.70. The smallest absolute Gasteiger partial charge is 0.0991 e. The predicted molar refractivity (Wildman–Crippen MR) is 105 cm³/mol. The van der Waals surface area contributed by atoms with Gasteiger partial charge in [0.15, 0.2) is 0 Å². The third-order valence-corrected chi connectivity index (χ3v) is 8.99. The summed E-state index contributed by atoms with van der Waals surface area (Å²) in [5, 5.41) is 8.93. The van der Waals surface area contributed by atoms with Gasteiger partial charge in [0.25, 0.3) is 0 Å². The second kappa shape index (κ2) is 8.67. The van der Waals surface area contributed by atoms with E-state index in [-0.39, 0.29) is 9.52 Å². The number of hydrogen-bond donors (Lipinski definition) is 0. The molecule has 0 radical (unpaired) electrons. The molecule has 24 heavy (non-hydrogen) atoms. The van der Waals surface area contributed by atoms with E-state index in [1.807, 2.05) is 12.1 Å². The molecule has 0 bridgehead atoms. The number of allylic oxidation sites excluding steroid dienone is 1. The summed E-state index contributed by atoms with van der Waals surface area (Å²) in [4.78, 5) is 0. The van der Waals surface area contributed by atoms with Gasteiger partial charge in [-0.15, -0.1) is 6.58 Å². The lowest BCUT2D eigenvalue weighted by Gasteiger charge is -2.38. The van der Waals surface area contributed by atoms with Crippen LogP contribution >= 0.6 is 0 Å². The SMILES string of the molecule is C=CC[SiH2]C1CCC(C2CCC(c3ccc(C#N)cc3)CC2)CC1. The van der Waals surface area contributed by atoms with Crippen molar-refractivity contribution in [2.75, 3.05) is 0 Å². The molecule has 2 heteroatoms. The maximum Gasteiger partial charge on any atom is 0.0991 e. The van der Waals surface area contributed by atoms with Crippen LogP contribution in [-0.4, -0.2) is 9.52 Å². The second-order valence-corrected chi connectivity index (χ2v) is 10.3. The molecule has 128 valence electrons. The van der Waals surface area contributed by atoms with Crippen LogP contribution in [-0.2, 0) is 0 Å². The normalized spacial score (nSPS) is 31.0. The van der Waals surface area contributed by atoms with Gasteiger partial charge in [0.05, 0.1) is 11.6 Å². The summed E-state index contributed by atoms with van der Waals surface area (Å²) in [6.07, 6.45) is 13.7. The van der Waals surface area contributed by atoms with Gasteiger partial charge in [-0.1, -0.05) is 49.4 Å². The molecule has 0 unspecified atom stereocenters. The Kier molecular flexibility index (Phi) is 6.32. The van der Waals surface area contributed by atoms with E-state index in [9.17, 15) is 0 Å². The Morgan fingerprint density at radius 2 is 1.54 bits per heavy atom. The molecule has 3 rings (SSSR count). The van der Waals surface area contributed by atoms with Gasteiger partial charge < -0.3 is 0 Å². The zero-order valence-corrected chi connectivity index (χ0v) is 16.3. The Balaban J connectivity index is 1.45.